The lowest BCUT2D eigenvalue weighted by Gasteiger charge is -2.25. The van der Waals surface area contributed by atoms with E-state index in [2.05, 4.69) is 58.5 Å². The summed E-state index contributed by atoms with van der Waals surface area (Å²) in [5, 5.41) is 0.210. The van der Waals surface area contributed by atoms with Crippen LogP contribution in [0.5, 0.6) is 0 Å². The molecule has 4 heteroatoms. The Morgan fingerprint density at radius 2 is 1.23 bits per heavy atom. The quantitative estimate of drug-likeness (QED) is 0.338. The summed E-state index contributed by atoms with van der Waals surface area (Å²) < 4.78 is 0. The van der Waals surface area contributed by atoms with Crippen molar-refractivity contribution in [1.29, 1.82) is 0 Å². The van der Waals surface area contributed by atoms with Gasteiger partial charge in [-0.3, -0.25) is 0 Å². The van der Waals surface area contributed by atoms with Gasteiger partial charge in [-0.15, -0.1) is 0 Å². The number of hydrogen-bond donors (Lipinski definition) is 0. The molecule has 0 aliphatic heterocycles. The van der Waals surface area contributed by atoms with Crippen molar-refractivity contribution in [2.24, 2.45) is 0 Å². The fourth-order valence-electron chi connectivity index (χ4n) is 4.53. The summed E-state index contributed by atoms with van der Waals surface area (Å²) >= 11 is 6.30. The van der Waals surface area contributed by atoms with Crippen LogP contribution in [0.25, 0.3) is 33.9 Å². The maximum atomic E-state index is 6.30. The Morgan fingerprint density at radius 1 is 0.613 bits per heavy atom. The first-order valence-corrected chi connectivity index (χ1v) is 11.3. The number of nitrogens with zero attached hydrogens (tertiary/aromatic N) is 3. The standard InChI is InChI=1S/C27H24ClN3/c28-27-30-25(21-14-8-3-9-15-21)29-26(31-27)22-16-17-23(19-10-4-1-5-11-19)24(18-22)20-12-6-2-7-13-20/h2-3,6-9,12-19H,1,4-5,10-11H2. The lowest BCUT2D eigenvalue weighted by molar-refractivity contribution is 0.444. The van der Waals surface area contributed by atoms with Crippen molar-refractivity contribution in [1.82, 2.24) is 15.0 Å². The zero-order valence-electron chi connectivity index (χ0n) is 17.3. The van der Waals surface area contributed by atoms with Crippen molar-refractivity contribution in [3.63, 3.8) is 0 Å². The molecule has 0 atom stereocenters. The Bertz CT molecular complexity index is 1170. The van der Waals surface area contributed by atoms with Gasteiger partial charge in [-0.2, -0.15) is 9.97 Å². The third-order valence-electron chi connectivity index (χ3n) is 6.08. The van der Waals surface area contributed by atoms with Crippen molar-refractivity contribution >= 4 is 11.6 Å². The third-order valence-corrected chi connectivity index (χ3v) is 6.25. The van der Waals surface area contributed by atoms with Crippen LogP contribution in [0.3, 0.4) is 0 Å². The molecule has 0 saturated heterocycles. The van der Waals surface area contributed by atoms with Gasteiger partial charge in [0.15, 0.2) is 11.6 Å². The van der Waals surface area contributed by atoms with Crippen molar-refractivity contribution in [3.05, 3.63) is 89.7 Å². The summed E-state index contributed by atoms with van der Waals surface area (Å²) in [6, 6.07) is 27.1. The van der Waals surface area contributed by atoms with Crippen molar-refractivity contribution in [3.8, 4) is 33.9 Å². The number of benzene rings is 3. The summed E-state index contributed by atoms with van der Waals surface area (Å²) in [4.78, 5) is 13.5. The van der Waals surface area contributed by atoms with Crippen molar-refractivity contribution in [2.45, 2.75) is 38.0 Å². The second kappa shape index (κ2) is 8.99. The van der Waals surface area contributed by atoms with E-state index in [-0.39, 0.29) is 5.28 Å². The molecule has 0 N–H and O–H groups in total. The Hall–Kier alpha value is -3.04. The molecular formula is C27H24ClN3. The van der Waals surface area contributed by atoms with E-state index in [4.69, 9.17) is 16.6 Å². The molecule has 3 aromatic carbocycles. The molecule has 154 valence electrons. The van der Waals surface area contributed by atoms with Gasteiger partial charge in [-0.05, 0) is 53.1 Å². The summed E-state index contributed by atoms with van der Waals surface area (Å²) in [6.07, 6.45) is 6.49. The average molecular weight is 426 g/mol. The fraction of sp³-hybridized carbons (Fsp3) is 0.222. The highest BCUT2D eigenvalue weighted by atomic mass is 35.5. The summed E-state index contributed by atoms with van der Waals surface area (Å²) in [7, 11) is 0. The van der Waals surface area contributed by atoms with E-state index in [1.165, 1.54) is 48.8 Å². The van der Waals surface area contributed by atoms with Crippen LogP contribution >= 0.6 is 11.6 Å². The van der Waals surface area contributed by atoms with Crippen LogP contribution in [-0.2, 0) is 0 Å². The second-order valence-corrected chi connectivity index (χ2v) is 8.46. The van der Waals surface area contributed by atoms with Crippen LogP contribution in [0.4, 0.5) is 0 Å². The number of rotatable bonds is 4. The molecule has 3 nitrogen and oxygen atoms in total. The molecule has 4 aromatic rings. The average Bonchev–Trinajstić information content (AvgIpc) is 2.85. The zero-order valence-corrected chi connectivity index (χ0v) is 18.1. The van der Waals surface area contributed by atoms with E-state index in [0.717, 1.165) is 11.1 Å². The van der Waals surface area contributed by atoms with E-state index in [1.54, 1.807) is 0 Å². The Labute approximate surface area is 188 Å². The molecule has 1 aromatic heterocycles. The van der Waals surface area contributed by atoms with Crippen molar-refractivity contribution in [2.75, 3.05) is 0 Å². The minimum atomic E-state index is 0.210. The first-order chi connectivity index (χ1) is 15.3. The third kappa shape index (κ3) is 4.38. The fourth-order valence-corrected chi connectivity index (χ4v) is 4.69. The molecule has 0 unspecified atom stereocenters. The number of hydrogen-bond acceptors (Lipinski definition) is 3. The van der Waals surface area contributed by atoms with Crippen LogP contribution in [0.2, 0.25) is 5.28 Å². The molecule has 0 spiro atoms. The molecule has 1 aliphatic rings. The Kier molecular flexibility index (Phi) is 5.77. The summed E-state index contributed by atoms with van der Waals surface area (Å²) in [5.41, 5.74) is 5.81. The molecule has 5 rings (SSSR count). The first kappa shape index (κ1) is 19.9. The molecule has 0 bridgehead atoms. The monoisotopic (exact) mass is 425 g/mol. The van der Waals surface area contributed by atoms with E-state index in [9.17, 15) is 0 Å². The minimum absolute atomic E-state index is 0.210. The topological polar surface area (TPSA) is 38.7 Å². The molecule has 1 aliphatic carbocycles. The van der Waals surface area contributed by atoms with Gasteiger partial charge in [0.05, 0.1) is 0 Å². The SMILES string of the molecule is Clc1nc(-c2ccccc2)nc(-c2ccc(C3CCCCC3)c(-c3ccccc3)c2)n1. The maximum absolute atomic E-state index is 6.30. The van der Waals surface area contributed by atoms with Crippen LogP contribution in [0.15, 0.2) is 78.9 Å². The highest BCUT2D eigenvalue weighted by Crippen LogP contribution is 2.39. The van der Waals surface area contributed by atoms with E-state index >= 15 is 0 Å². The summed E-state index contributed by atoms with van der Waals surface area (Å²) in [6.45, 7) is 0. The molecule has 1 saturated carbocycles. The number of halogens is 1. The molecule has 0 amide bonds. The van der Waals surface area contributed by atoms with Gasteiger partial charge in [0, 0.05) is 11.1 Å². The van der Waals surface area contributed by atoms with Gasteiger partial charge < -0.3 is 0 Å². The molecular weight excluding hydrogens is 402 g/mol. The van der Waals surface area contributed by atoms with Gasteiger partial charge in [0.25, 0.3) is 0 Å². The predicted octanol–water partition coefficient (Wildman–Crippen LogP) is 7.57. The van der Waals surface area contributed by atoms with Crippen LogP contribution in [0, 0.1) is 0 Å². The Balaban J connectivity index is 1.61. The van der Waals surface area contributed by atoms with Gasteiger partial charge >= 0.3 is 0 Å². The van der Waals surface area contributed by atoms with E-state index < -0.39 is 0 Å². The molecule has 1 heterocycles. The molecule has 31 heavy (non-hydrogen) atoms. The largest absolute Gasteiger partial charge is 0.226 e. The maximum Gasteiger partial charge on any atom is 0.226 e. The van der Waals surface area contributed by atoms with Gasteiger partial charge in [0.2, 0.25) is 5.28 Å². The predicted molar refractivity (Wildman–Crippen MR) is 127 cm³/mol. The van der Waals surface area contributed by atoms with Crippen molar-refractivity contribution < 1.29 is 0 Å². The lowest BCUT2D eigenvalue weighted by atomic mass is 9.80. The highest BCUT2D eigenvalue weighted by Gasteiger charge is 2.20. The van der Waals surface area contributed by atoms with E-state index in [1.807, 2.05) is 30.3 Å². The Morgan fingerprint density at radius 3 is 1.90 bits per heavy atom. The van der Waals surface area contributed by atoms with Crippen LogP contribution in [-0.4, -0.2) is 15.0 Å². The summed E-state index contributed by atoms with van der Waals surface area (Å²) in [5.74, 6) is 1.80. The van der Waals surface area contributed by atoms with Crippen LogP contribution < -0.4 is 0 Å². The molecule has 1 fully saturated rings. The normalized spacial score (nSPS) is 14.5. The highest BCUT2D eigenvalue weighted by molar-refractivity contribution is 6.28. The van der Waals surface area contributed by atoms with Gasteiger partial charge in [-0.25, -0.2) is 4.98 Å². The first-order valence-electron chi connectivity index (χ1n) is 10.9. The smallest absolute Gasteiger partial charge is 0.208 e. The van der Waals surface area contributed by atoms with Gasteiger partial charge in [0.1, 0.15) is 0 Å². The van der Waals surface area contributed by atoms with E-state index in [0.29, 0.717) is 17.6 Å². The van der Waals surface area contributed by atoms with Crippen LogP contribution in [0.1, 0.15) is 43.6 Å². The van der Waals surface area contributed by atoms with Gasteiger partial charge in [-0.1, -0.05) is 92.1 Å². The minimum Gasteiger partial charge on any atom is -0.208 e. The number of aromatic nitrogens is 3. The zero-order chi connectivity index (χ0) is 21.0. The molecule has 0 radical (unpaired) electrons. The second-order valence-electron chi connectivity index (χ2n) is 8.12. The lowest BCUT2D eigenvalue weighted by Crippen LogP contribution is -2.06.